The zero-order valence-corrected chi connectivity index (χ0v) is 16.2. The maximum Gasteiger partial charge on any atom is 0.321 e. The molecule has 1 aromatic rings. The van der Waals surface area contributed by atoms with Gasteiger partial charge in [-0.15, -0.1) is 0 Å². The van der Waals surface area contributed by atoms with E-state index in [1.54, 1.807) is 30.9 Å². The Kier molecular flexibility index (Phi) is 6.62. The number of amides is 4. The molecule has 0 aromatic heterocycles. The number of hydrogen-bond acceptors (Lipinski definition) is 4. The van der Waals surface area contributed by atoms with Gasteiger partial charge in [-0.3, -0.25) is 9.59 Å². The van der Waals surface area contributed by atoms with E-state index in [0.717, 1.165) is 0 Å². The predicted octanol–water partition coefficient (Wildman–Crippen LogP) is 1.80. The summed E-state index contributed by atoms with van der Waals surface area (Å²) in [6, 6.07) is 11.1. The number of urea groups is 1. The van der Waals surface area contributed by atoms with Crippen molar-refractivity contribution in [1.29, 1.82) is 5.26 Å². The zero-order chi connectivity index (χ0) is 20.8. The lowest BCUT2D eigenvalue weighted by molar-refractivity contribution is -0.126. The van der Waals surface area contributed by atoms with Crippen LogP contribution in [0.15, 0.2) is 30.3 Å². The number of primary amides is 1. The van der Waals surface area contributed by atoms with E-state index in [9.17, 15) is 19.6 Å². The second kappa shape index (κ2) is 8.74. The Hall–Kier alpha value is -3.08. The van der Waals surface area contributed by atoms with E-state index in [1.165, 1.54) is 6.42 Å². The van der Waals surface area contributed by atoms with E-state index in [4.69, 9.17) is 5.73 Å². The van der Waals surface area contributed by atoms with Gasteiger partial charge in [-0.05, 0) is 18.6 Å². The average Bonchev–Trinajstić information content (AvgIpc) is 2.67. The smallest absolute Gasteiger partial charge is 0.321 e. The van der Waals surface area contributed by atoms with Crippen LogP contribution in [0.5, 0.6) is 0 Å². The predicted molar refractivity (Wildman–Crippen MR) is 105 cm³/mol. The third-order valence-electron chi connectivity index (χ3n) is 4.97. The van der Waals surface area contributed by atoms with Crippen LogP contribution in [0.3, 0.4) is 0 Å². The lowest BCUT2D eigenvalue weighted by Gasteiger charge is -2.37. The van der Waals surface area contributed by atoms with Crippen LogP contribution >= 0.6 is 0 Å². The van der Waals surface area contributed by atoms with Gasteiger partial charge in [-0.2, -0.15) is 5.26 Å². The maximum atomic E-state index is 12.4. The highest BCUT2D eigenvalue weighted by Crippen LogP contribution is 2.24. The molecule has 1 saturated heterocycles. The number of para-hydroxylation sites is 1. The van der Waals surface area contributed by atoms with Gasteiger partial charge in [-0.1, -0.05) is 32.0 Å². The van der Waals surface area contributed by atoms with Crippen LogP contribution in [0.4, 0.5) is 10.5 Å². The lowest BCUT2D eigenvalue weighted by atomic mass is 9.86. The van der Waals surface area contributed by atoms with E-state index in [-0.39, 0.29) is 12.5 Å². The first-order valence-electron chi connectivity index (χ1n) is 9.15. The molecule has 0 aliphatic carbocycles. The minimum absolute atomic E-state index is 0.182. The molecule has 1 aliphatic rings. The zero-order valence-electron chi connectivity index (χ0n) is 16.2. The van der Waals surface area contributed by atoms with Crippen LogP contribution < -0.4 is 16.4 Å². The number of nitrogens with one attached hydrogen (secondary N) is 2. The van der Waals surface area contributed by atoms with Crippen molar-refractivity contribution in [3.8, 4) is 6.07 Å². The normalized spacial score (nSPS) is 16.0. The fourth-order valence-corrected chi connectivity index (χ4v) is 2.82. The Morgan fingerprint density at radius 2 is 1.86 bits per heavy atom. The minimum atomic E-state index is -1.03. The monoisotopic (exact) mass is 384 g/mol. The summed E-state index contributed by atoms with van der Waals surface area (Å²) in [5.41, 5.74) is 4.13. The van der Waals surface area contributed by atoms with Crippen molar-refractivity contribution in [3.05, 3.63) is 36.8 Å². The first-order chi connectivity index (χ1) is 13.2. The van der Waals surface area contributed by atoms with Crippen LogP contribution in [-0.2, 0) is 9.59 Å². The van der Waals surface area contributed by atoms with Crippen LogP contribution in [0.25, 0.3) is 0 Å². The van der Waals surface area contributed by atoms with Gasteiger partial charge < -0.3 is 21.3 Å². The van der Waals surface area contributed by atoms with Gasteiger partial charge in [0.15, 0.2) is 0 Å². The van der Waals surface area contributed by atoms with Gasteiger partial charge in [0.1, 0.15) is 5.54 Å². The minimum Gasteiger partial charge on any atom is -0.369 e. The summed E-state index contributed by atoms with van der Waals surface area (Å²) in [6.07, 6.45) is 2.18. The summed E-state index contributed by atoms with van der Waals surface area (Å²) in [6.45, 7) is 4.00. The van der Waals surface area contributed by atoms with Gasteiger partial charge in [0.25, 0.3) is 0 Å². The molecule has 4 amide bonds. The Balaban J connectivity index is 1.87. The van der Waals surface area contributed by atoms with Crippen molar-refractivity contribution in [3.63, 3.8) is 0 Å². The van der Waals surface area contributed by atoms with Crippen molar-refractivity contribution in [1.82, 2.24) is 10.2 Å². The quantitative estimate of drug-likeness (QED) is 0.691. The number of carbonyl (C=O) groups is 3. The van der Waals surface area contributed by atoms with E-state index in [0.29, 0.717) is 31.6 Å². The molecule has 1 fully saturated rings. The molecule has 2 rings (SSSR count). The molecule has 1 aromatic carbocycles. The van der Waals surface area contributed by atoms with E-state index < -0.39 is 22.8 Å². The molecule has 1 heterocycles. The molecular weight excluding hydrogens is 358 g/mol. The standard InChI is InChI=1S/C20H26N5O3/c1-19(2,17(22)27)9-8-16(26)24-20(14-21)10-12-25(13-11-20)18(28)23-15-6-4-3-5-7-15/h3-8H,9-13H2,1-2H3,(H2,22,27)(H,23,28)(H,24,26). The topological polar surface area (TPSA) is 128 Å². The fraction of sp³-hybridized carbons (Fsp3) is 0.450. The molecular formula is C20H26N5O3. The van der Waals surface area contributed by atoms with Crippen LogP contribution in [0, 0.1) is 23.2 Å². The van der Waals surface area contributed by atoms with Crippen LogP contribution in [-0.4, -0.2) is 41.4 Å². The highest BCUT2D eigenvalue weighted by Gasteiger charge is 2.38. The molecule has 0 spiro atoms. The molecule has 28 heavy (non-hydrogen) atoms. The molecule has 8 nitrogen and oxygen atoms in total. The average molecular weight is 384 g/mol. The number of likely N-dealkylation sites (tertiary alicyclic amines) is 1. The highest BCUT2D eigenvalue weighted by molar-refractivity contribution is 5.90. The first kappa shape index (κ1) is 21.2. The van der Waals surface area contributed by atoms with Gasteiger partial charge in [0.2, 0.25) is 11.8 Å². The highest BCUT2D eigenvalue weighted by atomic mass is 16.2. The second-order valence-corrected chi connectivity index (χ2v) is 7.62. The van der Waals surface area contributed by atoms with Crippen molar-refractivity contribution in [2.45, 2.75) is 38.6 Å². The molecule has 149 valence electrons. The molecule has 0 saturated carbocycles. The number of benzene rings is 1. The largest absolute Gasteiger partial charge is 0.369 e. The van der Waals surface area contributed by atoms with Crippen molar-refractivity contribution in [2.24, 2.45) is 11.1 Å². The van der Waals surface area contributed by atoms with E-state index in [2.05, 4.69) is 16.7 Å². The number of piperidine rings is 1. The number of nitrogens with zero attached hydrogens (tertiary/aromatic N) is 2. The van der Waals surface area contributed by atoms with E-state index >= 15 is 0 Å². The number of nitriles is 1. The number of nitrogens with two attached hydrogens (primary N) is 1. The Bertz CT molecular complexity index is 762. The SMILES string of the molecule is CC(C)(C[CH]C(=O)NC1(C#N)CCN(C(=O)Nc2ccccc2)CC1)C(N)=O. The summed E-state index contributed by atoms with van der Waals surface area (Å²) in [5.74, 6) is -0.914. The first-order valence-corrected chi connectivity index (χ1v) is 9.15. The molecule has 0 bridgehead atoms. The summed E-state index contributed by atoms with van der Waals surface area (Å²) in [4.78, 5) is 37.6. The maximum absolute atomic E-state index is 12.4. The fourth-order valence-electron chi connectivity index (χ4n) is 2.82. The summed E-state index contributed by atoms with van der Waals surface area (Å²) < 4.78 is 0. The molecule has 0 atom stereocenters. The number of carbonyl (C=O) groups excluding carboxylic acids is 3. The van der Waals surface area contributed by atoms with Crippen LogP contribution in [0.2, 0.25) is 0 Å². The molecule has 8 heteroatoms. The third kappa shape index (κ3) is 5.46. The molecule has 1 radical (unpaired) electrons. The van der Waals surface area contributed by atoms with Crippen molar-refractivity contribution >= 4 is 23.5 Å². The molecule has 4 N–H and O–H groups in total. The van der Waals surface area contributed by atoms with Gasteiger partial charge in [-0.25, -0.2) is 4.79 Å². The Morgan fingerprint density at radius 1 is 1.25 bits per heavy atom. The summed E-state index contributed by atoms with van der Waals surface area (Å²) >= 11 is 0. The number of anilines is 1. The third-order valence-corrected chi connectivity index (χ3v) is 4.97. The lowest BCUT2D eigenvalue weighted by Crippen LogP contribution is -2.56. The van der Waals surface area contributed by atoms with Gasteiger partial charge in [0.05, 0.1) is 12.5 Å². The van der Waals surface area contributed by atoms with Gasteiger partial charge in [0, 0.05) is 37.0 Å². The second-order valence-electron chi connectivity index (χ2n) is 7.62. The molecule has 0 unspecified atom stereocenters. The summed E-state index contributed by atoms with van der Waals surface area (Å²) in [7, 11) is 0. The summed E-state index contributed by atoms with van der Waals surface area (Å²) in [5, 5.41) is 15.1. The molecule has 1 aliphatic heterocycles. The van der Waals surface area contributed by atoms with Crippen molar-refractivity contribution < 1.29 is 14.4 Å². The van der Waals surface area contributed by atoms with E-state index in [1.807, 2.05) is 18.2 Å². The van der Waals surface area contributed by atoms with Crippen molar-refractivity contribution in [2.75, 3.05) is 18.4 Å². The van der Waals surface area contributed by atoms with Gasteiger partial charge >= 0.3 is 6.03 Å². The number of hydrogen-bond donors (Lipinski definition) is 3. The van der Waals surface area contributed by atoms with Crippen LogP contribution in [0.1, 0.15) is 33.1 Å². The number of rotatable bonds is 6. The Morgan fingerprint density at radius 3 is 2.39 bits per heavy atom. The Labute approximate surface area is 165 Å².